The molecule has 2 unspecified atom stereocenters. The van der Waals surface area contributed by atoms with Gasteiger partial charge in [0, 0.05) is 0 Å². The molecule has 2 atom stereocenters. The molecule has 0 fully saturated rings. The van der Waals surface area contributed by atoms with E-state index in [1.54, 1.807) is 0 Å². The number of para-hydroxylation sites is 1. The quantitative estimate of drug-likeness (QED) is 0.344. The molecule has 1 nitrogen and oxygen atoms in total. The predicted octanol–water partition coefficient (Wildman–Crippen LogP) is 7.83. The Morgan fingerprint density at radius 2 is 1.33 bits per heavy atom. The van der Waals surface area contributed by atoms with Gasteiger partial charge in [0.05, 0.1) is 0 Å². The minimum atomic E-state index is 0.502. The van der Waals surface area contributed by atoms with Crippen molar-refractivity contribution >= 4 is 0 Å². The minimum Gasteiger partial charge on any atom is -0.508 e. The fourth-order valence-corrected chi connectivity index (χ4v) is 3.94. The number of aromatic hydroxyl groups is 1. The molecule has 1 N–H and O–H groups in total. The zero-order chi connectivity index (χ0) is 17.6. The third-order valence-electron chi connectivity index (χ3n) is 5.48. The second-order valence-corrected chi connectivity index (χ2v) is 7.39. The smallest absolute Gasteiger partial charge is 0.119 e. The third-order valence-corrected chi connectivity index (χ3v) is 5.48. The summed E-state index contributed by atoms with van der Waals surface area (Å²) in [5.41, 5.74) is 1.19. The number of benzene rings is 1. The lowest BCUT2D eigenvalue weighted by Gasteiger charge is -2.27. The standard InChI is InChI=1S/C23H40O/c1-4-7-9-10-11-13-17-21(20(6-3)16-12-8-5-2)22-18-14-15-19-23(22)24/h14-15,18-21,24H,4-13,16-17H2,1-3H3. The first-order valence-electron chi connectivity index (χ1n) is 10.5. The first-order chi connectivity index (χ1) is 11.7. The van der Waals surface area contributed by atoms with Gasteiger partial charge in [-0.2, -0.15) is 0 Å². The van der Waals surface area contributed by atoms with E-state index in [-0.39, 0.29) is 0 Å². The average molecular weight is 333 g/mol. The maximum Gasteiger partial charge on any atom is 0.119 e. The van der Waals surface area contributed by atoms with Gasteiger partial charge in [-0.1, -0.05) is 103 Å². The molecule has 0 saturated carbocycles. The molecule has 1 aromatic carbocycles. The van der Waals surface area contributed by atoms with Crippen LogP contribution in [0.3, 0.4) is 0 Å². The Kier molecular flexibility index (Phi) is 11.7. The van der Waals surface area contributed by atoms with Gasteiger partial charge in [0.1, 0.15) is 5.75 Å². The lowest BCUT2D eigenvalue weighted by atomic mass is 9.78. The van der Waals surface area contributed by atoms with E-state index in [2.05, 4.69) is 32.9 Å². The summed E-state index contributed by atoms with van der Waals surface area (Å²) in [7, 11) is 0. The summed E-state index contributed by atoms with van der Waals surface area (Å²) in [4.78, 5) is 0. The number of phenolic OH excluding ortho intramolecular Hbond substituents is 1. The van der Waals surface area contributed by atoms with Gasteiger partial charge < -0.3 is 5.11 Å². The fourth-order valence-electron chi connectivity index (χ4n) is 3.94. The number of hydrogen-bond acceptors (Lipinski definition) is 1. The molecule has 0 saturated heterocycles. The van der Waals surface area contributed by atoms with Crippen molar-refractivity contribution in [1.29, 1.82) is 0 Å². The highest BCUT2D eigenvalue weighted by Crippen LogP contribution is 2.39. The summed E-state index contributed by atoms with van der Waals surface area (Å²) in [6.45, 7) is 6.87. The van der Waals surface area contributed by atoms with Crippen molar-refractivity contribution in [3.63, 3.8) is 0 Å². The second-order valence-electron chi connectivity index (χ2n) is 7.39. The zero-order valence-corrected chi connectivity index (χ0v) is 16.4. The lowest BCUT2D eigenvalue weighted by Crippen LogP contribution is -2.13. The van der Waals surface area contributed by atoms with Crippen LogP contribution in [0.2, 0.25) is 0 Å². The maximum atomic E-state index is 10.4. The van der Waals surface area contributed by atoms with E-state index in [1.807, 2.05) is 12.1 Å². The molecule has 0 spiro atoms. The normalized spacial score (nSPS) is 13.8. The second kappa shape index (κ2) is 13.3. The van der Waals surface area contributed by atoms with Crippen LogP contribution >= 0.6 is 0 Å². The van der Waals surface area contributed by atoms with Gasteiger partial charge in [-0.25, -0.2) is 0 Å². The third kappa shape index (κ3) is 7.73. The molecule has 0 aliphatic carbocycles. The Labute approximate surface area is 150 Å². The van der Waals surface area contributed by atoms with Crippen molar-refractivity contribution in [2.75, 3.05) is 0 Å². The molecule has 24 heavy (non-hydrogen) atoms. The predicted molar refractivity (Wildman–Crippen MR) is 107 cm³/mol. The summed E-state index contributed by atoms with van der Waals surface area (Å²) in [6, 6.07) is 8.04. The topological polar surface area (TPSA) is 20.2 Å². The summed E-state index contributed by atoms with van der Waals surface area (Å²) in [5.74, 6) is 1.74. The van der Waals surface area contributed by atoms with Gasteiger partial charge >= 0.3 is 0 Å². The Bertz CT molecular complexity index is 412. The molecule has 138 valence electrons. The van der Waals surface area contributed by atoms with Gasteiger partial charge in [-0.3, -0.25) is 0 Å². The van der Waals surface area contributed by atoms with Crippen molar-refractivity contribution < 1.29 is 5.11 Å². The van der Waals surface area contributed by atoms with Crippen LogP contribution in [0.25, 0.3) is 0 Å². The van der Waals surface area contributed by atoms with E-state index in [1.165, 1.54) is 82.6 Å². The Hall–Kier alpha value is -0.980. The molecule has 1 aromatic rings. The van der Waals surface area contributed by atoms with Crippen LogP contribution in [0.4, 0.5) is 0 Å². The van der Waals surface area contributed by atoms with E-state index < -0.39 is 0 Å². The number of rotatable bonds is 14. The molecule has 1 rings (SSSR count). The summed E-state index contributed by atoms with van der Waals surface area (Å²) in [6.07, 6.45) is 15.8. The minimum absolute atomic E-state index is 0.502. The van der Waals surface area contributed by atoms with Crippen molar-refractivity contribution in [2.45, 2.75) is 104 Å². The molecule has 1 heteroatoms. The van der Waals surface area contributed by atoms with Gasteiger partial charge in [0.25, 0.3) is 0 Å². The number of phenols is 1. The SMILES string of the molecule is CCCCCCCCC(c1ccccc1O)C(CC)CCCCC. The average Bonchev–Trinajstić information content (AvgIpc) is 2.60. The van der Waals surface area contributed by atoms with Gasteiger partial charge in [0.15, 0.2) is 0 Å². The molecule has 0 heterocycles. The van der Waals surface area contributed by atoms with E-state index in [9.17, 15) is 5.11 Å². The van der Waals surface area contributed by atoms with Crippen molar-refractivity contribution in [2.24, 2.45) is 5.92 Å². The highest BCUT2D eigenvalue weighted by atomic mass is 16.3. The first-order valence-corrected chi connectivity index (χ1v) is 10.5. The van der Waals surface area contributed by atoms with Crippen LogP contribution in [0.1, 0.15) is 109 Å². The summed E-state index contributed by atoms with van der Waals surface area (Å²) in [5, 5.41) is 10.4. The summed E-state index contributed by atoms with van der Waals surface area (Å²) < 4.78 is 0. The molecule has 0 bridgehead atoms. The molecule has 0 aliphatic rings. The van der Waals surface area contributed by atoms with Crippen molar-refractivity contribution in [3.05, 3.63) is 29.8 Å². The highest BCUT2D eigenvalue weighted by Gasteiger charge is 2.23. The molecule has 0 aliphatic heterocycles. The molecule has 0 radical (unpaired) electrons. The van der Waals surface area contributed by atoms with Crippen LogP contribution in [-0.2, 0) is 0 Å². The lowest BCUT2D eigenvalue weighted by molar-refractivity contribution is 0.334. The number of hydrogen-bond donors (Lipinski definition) is 1. The van der Waals surface area contributed by atoms with Crippen LogP contribution in [0.15, 0.2) is 24.3 Å². The van der Waals surface area contributed by atoms with Gasteiger partial charge in [-0.05, 0) is 36.3 Å². The molecule has 0 amide bonds. The Morgan fingerprint density at radius 3 is 2.00 bits per heavy atom. The van der Waals surface area contributed by atoms with E-state index in [4.69, 9.17) is 0 Å². The highest BCUT2D eigenvalue weighted by molar-refractivity contribution is 5.35. The largest absolute Gasteiger partial charge is 0.508 e. The van der Waals surface area contributed by atoms with Crippen LogP contribution < -0.4 is 0 Å². The van der Waals surface area contributed by atoms with Crippen LogP contribution in [0.5, 0.6) is 5.75 Å². The monoisotopic (exact) mass is 332 g/mol. The van der Waals surface area contributed by atoms with E-state index in [0.29, 0.717) is 17.6 Å². The Morgan fingerprint density at radius 1 is 0.750 bits per heavy atom. The van der Waals surface area contributed by atoms with Crippen LogP contribution in [-0.4, -0.2) is 5.11 Å². The maximum absolute atomic E-state index is 10.4. The van der Waals surface area contributed by atoms with E-state index >= 15 is 0 Å². The van der Waals surface area contributed by atoms with Gasteiger partial charge in [0.2, 0.25) is 0 Å². The van der Waals surface area contributed by atoms with Crippen molar-refractivity contribution in [1.82, 2.24) is 0 Å². The summed E-state index contributed by atoms with van der Waals surface area (Å²) >= 11 is 0. The molecular weight excluding hydrogens is 292 g/mol. The zero-order valence-electron chi connectivity index (χ0n) is 16.4. The fraction of sp³-hybridized carbons (Fsp3) is 0.739. The molecule has 0 aromatic heterocycles. The van der Waals surface area contributed by atoms with Gasteiger partial charge in [-0.15, -0.1) is 0 Å². The van der Waals surface area contributed by atoms with E-state index in [0.717, 1.165) is 0 Å². The first kappa shape index (κ1) is 21.1. The molecular formula is C23H40O. The number of unbranched alkanes of at least 4 members (excludes halogenated alkanes) is 7. The van der Waals surface area contributed by atoms with Crippen molar-refractivity contribution in [3.8, 4) is 5.75 Å². The Balaban J connectivity index is 2.66. The van der Waals surface area contributed by atoms with Crippen LogP contribution in [0, 0.1) is 5.92 Å².